The molecule has 0 bridgehead atoms. The summed E-state index contributed by atoms with van der Waals surface area (Å²) >= 11 is 0. The largest absolute Gasteiger partial charge is 0.492 e. The van der Waals surface area contributed by atoms with Crippen LogP contribution in [0.15, 0.2) is 42.5 Å². The van der Waals surface area contributed by atoms with Gasteiger partial charge in [-0.05, 0) is 41.3 Å². The number of carbonyl (C=O) groups is 1. The van der Waals surface area contributed by atoms with Crippen LogP contribution in [-0.4, -0.2) is 29.1 Å². The van der Waals surface area contributed by atoms with E-state index in [0.29, 0.717) is 6.61 Å². The monoisotopic (exact) mass is 368 g/mol. The molecule has 2 aromatic rings. The van der Waals surface area contributed by atoms with Crippen LogP contribution in [0.3, 0.4) is 0 Å². The lowest BCUT2D eigenvalue weighted by Gasteiger charge is -2.21. The molecule has 0 radical (unpaired) electrons. The smallest absolute Gasteiger partial charge is 0.221 e. The van der Waals surface area contributed by atoms with Crippen LogP contribution >= 0.6 is 0 Å². The third-order valence-electron chi connectivity index (χ3n) is 4.80. The second-order valence-corrected chi connectivity index (χ2v) is 7.49. The molecule has 1 unspecified atom stereocenters. The summed E-state index contributed by atoms with van der Waals surface area (Å²) < 4.78 is 5.90. The van der Waals surface area contributed by atoms with Gasteiger partial charge in [-0.25, -0.2) is 0 Å². The van der Waals surface area contributed by atoms with E-state index in [4.69, 9.17) is 4.74 Å². The molecule has 1 heterocycles. The van der Waals surface area contributed by atoms with E-state index in [1.807, 2.05) is 50.2 Å². The van der Waals surface area contributed by atoms with E-state index in [1.165, 1.54) is 12.5 Å². The van der Waals surface area contributed by atoms with E-state index in [2.05, 4.69) is 16.3 Å². The number of fused-ring (bicyclic) bond motifs is 1. The quantitative estimate of drug-likeness (QED) is 0.844. The van der Waals surface area contributed by atoms with Gasteiger partial charge in [-0.2, -0.15) is 0 Å². The first-order valence-corrected chi connectivity index (χ1v) is 9.45. The molecule has 1 atom stereocenters. The Balaban J connectivity index is 1.72. The molecule has 2 N–H and O–H groups in total. The number of benzene rings is 2. The fourth-order valence-corrected chi connectivity index (χ4v) is 3.33. The van der Waals surface area contributed by atoms with Gasteiger partial charge in [0.1, 0.15) is 12.4 Å². The lowest BCUT2D eigenvalue weighted by Crippen LogP contribution is -2.25. The number of amides is 1. The highest BCUT2D eigenvalue weighted by atomic mass is 16.5. The van der Waals surface area contributed by atoms with Crippen LogP contribution in [0.2, 0.25) is 0 Å². The minimum atomic E-state index is -0.465. The molecule has 0 aliphatic carbocycles. The van der Waals surface area contributed by atoms with Gasteiger partial charge in [0, 0.05) is 37.8 Å². The van der Waals surface area contributed by atoms with Crippen LogP contribution in [0.5, 0.6) is 5.75 Å². The molecule has 1 aliphatic heterocycles. The Bertz CT molecular complexity index is 787. The minimum Gasteiger partial charge on any atom is -0.492 e. The van der Waals surface area contributed by atoms with Gasteiger partial charge in [-0.3, -0.25) is 9.69 Å². The summed E-state index contributed by atoms with van der Waals surface area (Å²) in [6, 6.07) is 13.9. The first-order valence-electron chi connectivity index (χ1n) is 9.45. The van der Waals surface area contributed by atoms with Gasteiger partial charge < -0.3 is 15.2 Å². The molecule has 0 aromatic heterocycles. The SMILES string of the molecule is CC(=O)Nc1ccc(CN2CCOc3ccc(C(O)C(C)C)cc3C2)cc1. The molecule has 3 rings (SSSR count). The molecule has 27 heavy (non-hydrogen) atoms. The Hall–Kier alpha value is -2.37. The average molecular weight is 368 g/mol. The van der Waals surface area contributed by atoms with Crippen LogP contribution in [0.1, 0.15) is 43.6 Å². The van der Waals surface area contributed by atoms with Gasteiger partial charge in [0.15, 0.2) is 0 Å². The number of nitrogens with zero attached hydrogens (tertiary/aromatic N) is 1. The topological polar surface area (TPSA) is 61.8 Å². The van der Waals surface area contributed by atoms with E-state index in [0.717, 1.165) is 42.2 Å². The van der Waals surface area contributed by atoms with Crippen molar-refractivity contribution in [2.75, 3.05) is 18.5 Å². The molecule has 0 saturated heterocycles. The van der Waals surface area contributed by atoms with Crippen molar-refractivity contribution in [3.05, 3.63) is 59.2 Å². The normalized spacial score (nSPS) is 15.6. The molecular weight excluding hydrogens is 340 g/mol. The second-order valence-electron chi connectivity index (χ2n) is 7.49. The number of ether oxygens (including phenoxy) is 1. The predicted octanol–water partition coefficient (Wildman–Crippen LogP) is 3.73. The fourth-order valence-electron chi connectivity index (χ4n) is 3.33. The summed E-state index contributed by atoms with van der Waals surface area (Å²) in [6.07, 6.45) is -0.465. The molecule has 5 nitrogen and oxygen atoms in total. The number of carbonyl (C=O) groups excluding carboxylic acids is 1. The molecule has 1 amide bonds. The Morgan fingerprint density at radius 1 is 1.22 bits per heavy atom. The number of hydrogen-bond acceptors (Lipinski definition) is 4. The zero-order chi connectivity index (χ0) is 19.4. The van der Waals surface area contributed by atoms with E-state index >= 15 is 0 Å². The van der Waals surface area contributed by atoms with Crippen molar-refractivity contribution in [2.24, 2.45) is 5.92 Å². The fraction of sp³-hybridized carbons (Fsp3) is 0.409. The van der Waals surface area contributed by atoms with E-state index < -0.39 is 6.10 Å². The van der Waals surface area contributed by atoms with E-state index in [9.17, 15) is 9.90 Å². The van der Waals surface area contributed by atoms with Crippen molar-refractivity contribution >= 4 is 11.6 Å². The zero-order valence-corrected chi connectivity index (χ0v) is 16.2. The Morgan fingerprint density at radius 2 is 1.96 bits per heavy atom. The van der Waals surface area contributed by atoms with E-state index in [1.54, 1.807) is 0 Å². The second kappa shape index (κ2) is 8.55. The molecule has 0 saturated carbocycles. The zero-order valence-electron chi connectivity index (χ0n) is 16.2. The molecule has 2 aromatic carbocycles. The number of aliphatic hydroxyl groups excluding tert-OH is 1. The Morgan fingerprint density at radius 3 is 2.63 bits per heavy atom. The van der Waals surface area contributed by atoms with Crippen LogP contribution in [-0.2, 0) is 17.9 Å². The van der Waals surface area contributed by atoms with Crippen molar-refractivity contribution < 1.29 is 14.6 Å². The molecule has 144 valence electrons. The molecular formula is C22H28N2O3. The standard InChI is InChI=1S/C22H28N2O3/c1-15(2)22(26)18-6-9-21-19(12-18)14-24(10-11-27-21)13-17-4-7-20(8-5-17)23-16(3)25/h4-9,12,15,22,26H,10-11,13-14H2,1-3H3,(H,23,25). The lowest BCUT2D eigenvalue weighted by atomic mass is 9.97. The van der Waals surface area contributed by atoms with Crippen molar-refractivity contribution in [1.29, 1.82) is 0 Å². The van der Waals surface area contributed by atoms with Gasteiger partial charge >= 0.3 is 0 Å². The van der Waals surface area contributed by atoms with Gasteiger partial charge in [0.05, 0.1) is 6.10 Å². The summed E-state index contributed by atoms with van der Waals surface area (Å²) in [6.45, 7) is 8.61. The summed E-state index contributed by atoms with van der Waals surface area (Å²) in [5, 5.41) is 13.2. The highest BCUT2D eigenvalue weighted by Gasteiger charge is 2.19. The van der Waals surface area contributed by atoms with Crippen molar-refractivity contribution in [3.63, 3.8) is 0 Å². The van der Waals surface area contributed by atoms with Crippen molar-refractivity contribution in [3.8, 4) is 5.75 Å². The van der Waals surface area contributed by atoms with Crippen LogP contribution in [0.25, 0.3) is 0 Å². The summed E-state index contributed by atoms with van der Waals surface area (Å²) in [7, 11) is 0. The lowest BCUT2D eigenvalue weighted by molar-refractivity contribution is -0.114. The number of aliphatic hydroxyl groups is 1. The number of hydrogen-bond donors (Lipinski definition) is 2. The first kappa shape index (κ1) is 19.4. The highest BCUT2D eigenvalue weighted by Crippen LogP contribution is 2.30. The highest BCUT2D eigenvalue weighted by molar-refractivity contribution is 5.88. The third kappa shape index (κ3) is 5.08. The minimum absolute atomic E-state index is 0.0663. The Labute approximate surface area is 161 Å². The molecule has 0 spiro atoms. The van der Waals surface area contributed by atoms with Gasteiger partial charge in [0.2, 0.25) is 5.91 Å². The maximum atomic E-state index is 11.1. The average Bonchev–Trinajstić information content (AvgIpc) is 2.83. The maximum Gasteiger partial charge on any atom is 0.221 e. The van der Waals surface area contributed by atoms with Gasteiger partial charge in [-0.1, -0.05) is 32.0 Å². The summed E-state index contributed by atoms with van der Waals surface area (Å²) in [5.41, 5.74) is 4.04. The van der Waals surface area contributed by atoms with Crippen LogP contribution in [0, 0.1) is 5.92 Å². The Kier molecular flexibility index (Phi) is 6.14. The predicted molar refractivity (Wildman–Crippen MR) is 107 cm³/mol. The summed E-state index contributed by atoms with van der Waals surface area (Å²) in [5.74, 6) is 1.01. The molecule has 5 heteroatoms. The number of rotatable bonds is 5. The molecule has 0 fully saturated rings. The number of nitrogens with one attached hydrogen (secondary N) is 1. The van der Waals surface area contributed by atoms with E-state index in [-0.39, 0.29) is 11.8 Å². The molecule has 1 aliphatic rings. The first-order chi connectivity index (χ1) is 12.9. The summed E-state index contributed by atoms with van der Waals surface area (Å²) in [4.78, 5) is 13.5. The van der Waals surface area contributed by atoms with Crippen molar-refractivity contribution in [1.82, 2.24) is 4.90 Å². The van der Waals surface area contributed by atoms with Crippen molar-refractivity contribution in [2.45, 2.75) is 40.0 Å². The van der Waals surface area contributed by atoms with Gasteiger partial charge in [0.25, 0.3) is 0 Å². The number of anilines is 1. The van der Waals surface area contributed by atoms with Crippen LogP contribution < -0.4 is 10.1 Å². The van der Waals surface area contributed by atoms with Gasteiger partial charge in [-0.15, -0.1) is 0 Å². The maximum absolute atomic E-state index is 11.1. The third-order valence-corrected chi connectivity index (χ3v) is 4.80. The van der Waals surface area contributed by atoms with Crippen LogP contribution in [0.4, 0.5) is 5.69 Å².